The molecule has 0 saturated heterocycles. The second-order valence-corrected chi connectivity index (χ2v) is 15.7. The van der Waals surface area contributed by atoms with Crippen LogP contribution in [0.25, 0.3) is 34.2 Å². The van der Waals surface area contributed by atoms with Crippen LogP contribution in [0.4, 0.5) is 13.2 Å². The number of rotatable bonds is 3. The number of hydrogen-bond acceptors (Lipinski definition) is 6. The molecule has 0 aliphatic rings. The van der Waals surface area contributed by atoms with Gasteiger partial charge in [0.15, 0.2) is 21.8 Å². The molecule has 7 nitrogen and oxygen atoms in total. The second-order valence-electron chi connectivity index (χ2n) is 8.61. The van der Waals surface area contributed by atoms with Crippen molar-refractivity contribution >= 4 is 109 Å². The van der Waals surface area contributed by atoms with E-state index in [1.54, 1.807) is 12.1 Å². The molecule has 0 radical (unpaired) electrons. The van der Waals surface area contributed by atoms with Crippen LogP contribution in [-0.2, 0) is 10.1 Å². The quantitative estimate of drug-likeness (QED) is 0.109. The Morgan fingerprint density at radius 3 is 1.00 bits per heavy atom. The Morgan fingerprint density at radius 2 is 0.812 bits per heavy atom. The number of benzene rings is 4. The number of aromatic nitrogens is 3. The van der Waals surface area contributed by atoms with E-state index in [2.05, 4.69) is 63.7 Å². The monoisotopic (exact) mass is 992 g/mol. The predicted octanol–water partition coefficient (Wildman–Crippen LogP) is 11.9. The van der Waals surface area contributed by atoms with Crippen molar-refractivity contribution in [2.75, 3.05) is 0 Å². The van der Waals surface area contributed by atoms with E-state index in [4.69, 9.17) is 68.0 Å². The van der Waals surface area contributed by atoms with Gasteiger partial charge >= 0.3 is 15.6 Å². The lowest BCUT2D eigenvalue weighted by Gasteiger charge is -2.08. The maximum atomic E-state index is 10.7. The van der Waals surface area contributed by atoms with E-state index in [1.807, 2.05) is 91.0 Å². The van der Waals surface area contributed by atoms with Crippen molar-refractivity contribution in [3.8, 4) is 40.2 Å². The predicted molar refractivity (Wildman–Crippen MR) is 197 cm³/mol. The average Bonchev–Trinajstić information content (AvgIpc) is 3.02. The molecule has 4 aromatic carbocycles. The zero-order valence-electron chi connectivity index (χ0n) is 23.6. The minimum atomic E-state index is -5.84. The first-order valence-corrected chi connectivity index (χ1v) is 18.5. The zero-order chi connectivity index (χ0) is 36.1. The fourth-order valence-corrected chi connectivity index (χ4v) is 4.14. The molecule has 0 aliphatic heterocycles. The summed E-state index contributed by atoms with van der Waals surface area (Å²) in [5, 5.41) is 8.36. The van der Waals surface area contributed by atoms with E-state index >= 15 is 0 Å². The van der Waals surface area contributed by atoms with Crippen LogP contribution in [0.2, 0.25) is 0 Å². The van der Waals surface area contributed by atoms with E-state index < -0.39 is 19.9 Å². The Bertz CT molecular complexity index is 1760. The smallest absolute Gasteiger partial charge is 0.279 e. The summed E-state index contributed by atoms with van der Waals surface area (Å²) >= 11 is 28.1. The van der Waals surface area contributed by atoms with E-state index in [9.17, 15) is 13.2 Å². The van der Waals surface area contributed by atoms with Crippen molar-refractivity contribution in [1.29, 1.82) is 5.26 Å². The molecule has 0 bridgehead atoms. The highest BCUT2D eigenvalue weighted by Crippen LogP contribution is 2.27. The lowest BCUT2D eigenvalue weighted by molar-refractivity contribution is -0.0510. The molecular weight excluding hydrogens is 979 g/mol. The first-order valence-electron chi connectivity index (χ1n) is 12.5. The Labute approximate surface area is 322 Å². The molecule has 1 N–H and O–H groups in total. The van der Waals surface area contributed by atoms with Crippen molar-refractivity contribution in [3.63, 3.8) is 0 Å². The molecule has 0 atom stereocenters. The summed E-state index contributed by atoms with van der Waals surface area (Å²) in [7, 11) is -5.84. The van der Waals surface area contributed by atoms with E-state index in [-0.39, 0.29) is 0 Å². The largest absolute Gasteiger partial charge is 0.522 e. The van der Waals surface area contributed by atoms with Crippen LogP contribution in [0.1, 0.15) is 5.56 Å². The minimum absolute atomic E-state index is 0.647. The number of nitriles is 1. The van der Waals surface area contributed by atoms with Crippen LogP contribution in [0.15, 0.2) is 115 Å². The van der Waals surface area contributed by atoms with Gasteiger partial charge in [0.05, 0.1) is 11.6 Å². The van der Waals surface area contributed by atoms with Gasteiger partial charge in [0.1, 0.15) is 0 Å². The highest BCUT2D eigenvalue weighted by Gasteiger charge is 2.44. The number of halogens is 10. The summed E-state index contributed by atoms with van der Waals surface area (Å²) in [6.07, 6.45) is 0. The third kappa shape index (κ3) is 15.2. The van der Waals surface area contributed by atoms with Gasteiger partial charge in [-0.15, -0.1) is 0 Å². The molecule has 5 rings (SSSR count). The molecule has 5 aromatic rings. The fraction of sp³-hybridized carbons (Fsp3) is 0.0667. The van der Waals surface area contributed by atoms with Gasteiger partial charge in [-0.3, -0.25) is 4.55 Å². The zero-order valence-corrected chi connectivity index (χ0v) is 33.0. The van der Waals surface area contributed by atoms with Gasteiger partial charge in [-0.25, -0.2) is 15.0 Å². The third-order valence-electron chi connectivity index (χ3n) is 5.21. The van der Waals surface area contributed by atoms with Crippen molar-refractivity contribution in [3.05, 3.63) is 121 Å². The second kappa shape index (κ2) is 19.9. The minimum Gasteiger partial charge on any atom is -0.279 e. The first-order chi connectivity index (χ1) is 22.4. The summed E-state index contributed by atoms with van der Waals surface area (Å²) in [5.41, 5.74) is -2.02. The summed E-state index contributed by atoms with van der Waals surface area (Å²) in [6.45, 7) is 0. The van der Waals surface area contributed by atoms with Gasteiger partial charge < -0.3 is 0 Å². The summed E-state index contributed by atoms with van der Waals surface area (Å²) in [6, 6.07) is 33.1. The number of nitrogens with zero attached hydrogens (tertiary/aromatic N) is 4. The van der Waals surface area contributed by atoms with Gasteiger partial charge in [-0.05, 0) is 60.7 Å². The van der Waals surface area contributed by atoms with Crippen molar-refractivity contribution in [1.82, 2.24) is 15.0 Å². The van der Waals surface area contributed by atoms with Crippen LogP contribution in [0.5, 0.6) is 0 Å². The molecule has 0 unspecified atom stereocenters. The fourth-order valence-electron chi connectivity index (χ4n) is 3.08. The Hall–Kier alpha value is -2.13. The molecule has 0 fully saturated rings. The Morgan fingerprint density at radius 1 is 0.604 bits per heavy atom. The molecule has 0 spiro atoms. The Balaban J connectivity index is 0.000000311. The van der Waals surface area contributed by atoms with E-state index in [0.29, 0.717) is 23.0 Å². The molecule has 252 valence electrons. The maximum Gasteiger partial charge on any atom is 0.522 e. The highest BCUT2D eigenvalue weighted by molar-refractivity contribution is 9.11. The van der Waals surface area contributed by atoms with Gasteiger partial charge in [0.25, 0.3) is 0 Å². The summed E-state index contributed by atoms with van der Waals surface area (Å²) in [5.74, 6) is 1.94. The van der Waals surface area contributed by atoms with E-state index in [1.165, 1.54) is 0 Å². The molecule has 18 heteroatoms. The molecule has 48 heavy (non-hydrogen) atoms. The van der Waals surface area contributed by atoms with Crippen LogP contribution in [0, 0.1) is 11.3 Å². The maximum absolute atomic E-state index is 10.7. The van der Waals surface area contributed by atoms with Gasteiger partial charge in [0.2, 0.25) is 0 Å². The van der Waals surface area contributed by atoms with Gasteiger partial charge in [-0.2, -0.15) is 26.9 Å². The molecule has 1 aromatic heterocycles. The molecule has 0 amide bonds. The lowest BCUT2D eigenvalue weighted by Crippen LogP contribution is -2.21. The van der Waals surface area contributed by atoms with Crippen molar-refractivity contribution in [2.24, 2.45) is 0 Å². The van der Waals surface area contributed by atoms with Gasteiger partial charge in [0, 0.05) is 34.6 Å². The summed E-state index contributed by atoms with van der Waals surface area (Å²) in [4.78, 5) is 14.1. The molecule has 0 saturated carbocycles. The van der Waals surface area contributed by atoms with Crippen LogP contribution in [-0.4, -0.2) is 37.7 Å². The van der Waals surface area contributed by atoms with Gasteiger partial charge in [-0.1, -0.05) is 135 Å². The third-order valence-corrected chi connectivity index (χ3v) is 7.91. The molecule has 1 heterocycles. The van der Waals surface area contributed by atoms with Crippen LogP contribution in [0.3, 0.4) is 0 Å². The van der Waals surface area contributed by atoms with E-state index in [0.717, 1.165) is 34.6 Å². The molecular formula is C30H18Br4Cl3F3N4O3S. The number of hydrogen-bond donors (Lipinski definition) is 1. The first kappa shape index (κ1) is 42.0. The Kier molecular flexibility index (Phi) is 17.4. The topological polar surface area (TPSA) is 117 Å². The normalized spacial score (nSPS) is 10.7. The molecule has 0 aliphatic carbocycles. The van der Waals surface area contributed by atoms with Crippen molar-refractivity contribution in [2.45, 2.75) is 9.80 Å². The van der Waals surface area contributed by atoms with Crippen LogP contribution >= 0.6 is 98.5 Å². The SMILES string of the molecule is Brc1ccc(-c2nc(-c3ccc(Br)cc3)nc(-c3ccc(Br)cc3)n2)cc1.ClC(Cl)Cl.N#Cc1ccc(Br)cc1.O=S(=O)(O)C(F)(F)F. The standard InChI is InChI=1S/C21H12Br3N3.C7H4BrN.CHCl3.CHF3O3S/c22-16-7-1-13(2-8-16)19-25-20(14-3-9-17(23)10-4-14)27-21(26-19)15-5-11-18(24)12-6-15;8-7-3-1-6(5-9)2-4-7;2-1(3)4;2-1(3,4)8(5,6)7/h1-12H;1-4H;1H;(H,5,6,7). The average molecular weight is 998 g/mol. The lowest BCUT2D eigenvalue weighted by atomic mass is 10.1. The highest BCUT2D eigenvalue weighted by atomic mass is 79.9. The van der Waals surface area contributed by atoms with Crippen LogP contribution < -0.4 is 0 Å². The summed E-state index contributed by atoms with van der Waals surface area (Å²) < 4.78 is 60.8. The van der Waals surface area contributed by atoms with Crippen molar-refractivity contribution < 1.29 is 26.1 Å². The number of alkyl halides is 6.